The molecule has 1 aliphatic rings. The first kappa shape index (κ1) is 23.9. The normalized spacial score (nSPS) is 16.6. The predicted molar refractivity (Wildman–Crippen MR) is 114 cm³/mol. The van der Waals surface area contributed by atoms with Crippen LogP contribution in [-0.4, -0.2) is 59.0 Å². The van der Waals surface area contributed by atoms with Crippen LogP contribution in [0.25, 0.3) is 0 Å². The fraction of sp³-hybridized carbons (Fsp3) is 0.316. The summed E-state index contributed by atoms with van der Waals surface area (Å²) in [6, 6.07) is 5.17. The minimum absolute atomic E-state index is 0.0560. The molecule has 1 aromatic carbocycles. The number of nitrogens with zero attached hydrogens (tertiary/aromatic N) is 3. The number of alkyl halides is 3. The summed E-state index contributed by atoms with van der Waals surface area (Å²) in [5.41, 5.74) is 0.0875. The van der Waals surface area contributed by atoms with Crippen LogP contribution in [0.5, 0.6) is 5.75 Å². The number of carbonyl (C=O) groups is 2. The van der Waals surface area contributed by atoms with Crippen LogP contribution in [0.4, 0.5) is 29.5 Å². The summed E-state index contributed by atoms with van der Waals surface area (Å²) in [4.78, 5) is 31.2. The first-order valence-electron chi connectivity index (χ1n) is 9.21. The highest BCUT2D eigenvalue weighted by molar-refractivity contribution is 9.10. The monoisotopic (exact) mass is 536 g/mol. The van der Waals surface area contributed by atoms with Gasteiger partial charge in [0.2, 0.25) is 0 Å². The van der Waals surface area contributed by atoms with E-state index in [2.05, 4.69) is 31.0 Å². The Morgan fingerprint density at radius 1 is 1.31 bits per heavy atom. The van der Waals surface area contributed by atoms with Gasteiger partial charge in [-0.3, -0.25) is 4.79 Å². The van der Waals surface area contributed by atoms with Crippen LogP contribution in [0.3, 0.4) is 0 Å². The first-order valence-corrected chi connectivity index (χ1v) is 10.4. The van der Waals surface area contributed by atoms with Gasteiger partial charge in [0.15, 0.2) is 0 Å². The van der Waals surface area contributed by atoms with E-state index in [1.165, 1.54) is 11.1 Å². The number of pyridine rings is 1. The molecule has 0 radical (unpaired) electrons. The summed E-state index contributed by atoms with van der Waals surface area (Å²) >= 11 is 8.94. The fourth-order valence-electron chi connectivity index (χ4n) is 3.21. The molecule has 0 aliphatic carbocycles. The number of hydrogen-bond donors (Lipinski definition) is 2. The molecular formula is C19H17BrClF3N4O4. The molecular weight excluding hydrogens is 521 g/mol. The molecule has 2 amide bonds. The van der Waals surface area contributed by atoms with E-state index in [1.807, 2.05) is 11.8 Å². The summed E-state index contributed by atoms with van der Waals surface area (Å²) in [6.45, 7) is 3.01. The van der Waals surface area contributed by atoms with E-state index in [4.69, 9.17) is 16.7 Å². The largest absolute Gasteiger partial charge is 0.573 e. The van der Waals surface area contributed by atoms with Gasteiger partial charge >= 0.3 is 12.5 Å². The number of amides is 2. The van der Waals surface area contributed by atoms with Gasteiger partial charge in [-0.1, -0.05) is 11.6 Å². The van der Waals surface area contributed by atoms with E-state index >= 15 is 0 Å². The zero-order chi connectivity index (χ0) is 23.6. The Hall–Kier alpha value is -2.73. The van der Waals surface area contributed by atoms with E-state index in [-0.39, 0.29) is 21.1 Å². The van der Waals surface area contributed by atoms with Gasteiger partial charge < -0.3 is 25.0 Å². The highest BCUT2D eigenvalue weighted by Gasteiger charge is 2.33. The van der Waals surface area contributed by atoms with Gasteiger partial charge in [0.1, 0.15) is 11.6 Å². The topological polar surface area (TPSA) is 95.0 Å². The molecule has 0 bridgehead atoms. The number of aromatic nitrogens is 1. The number of ether oxygens (including phenoxy) is 1. The Morgan fingerprint density at radius 2 is 2.03 bits per heavy atom. The highest BCUT2D eigenvalue weighted by Crippen LogP contribution is 2.35. The van der Waals surface area contributed by atoms with Crippen molar-refractivity contribution in [1.82, 2.24) is 9.88 Å². The van der Waals surface area contributed by atoms with Crippen LogP contribution >= 0.6 is 27.5 Å². The van der Waals surface area contributed by atoms with Gasteiger partial charge in [-0.2, -0.15) is 0 Å². The first-order chi connectivity index (χ1) is 14.9. The maximum atomic E-state index is 12.6. The lowest BCUT2D eigenvalue weighted by Gasteiger charge is -2.39. The minimum atomic E-state index is -4.93. The number of benzene rings is 1. The SMILES string of the molecule is C[C@@H]1CN(C(=O)O)CCN1c1ccc(NC(=O)c2cc(OC(F)(F)F)c(Br)cc2Cl)cn1. The van der Waals surface area contributed by atoms with Gasteiger partial charge in [-0.15, -0.1) is 13.2 Å². The number of halogens is 5. The van der Waals surface area contributed by atoms with Crippen molar-refractivity contribution in [2.24, 2.45) is 0 Å². The van der Waals surface area contributed by atoms with Gasteiger partial charge in [-0.05, 0) is 47.1 Å². The maximum Gasteiger partial charge on any atom is 0.573 e. The zero-order valence-electron chi connectivity index (χ0n) is 16.5. The summed E-state index contributed by atoms with van der Waals surface area (Å²) < 4.78 is 41.5. The molecule has 2 N–H and O–H groups in total. The van der Waals surface area contributed by atoms with Crippen molar-refractivity contribution in [2.75, 3.05) is 29.9 Å². The minimum Gasteiger partial charge on any atom is -0.465 e. The molecule has 1 saturated heterocycles. The highest BCUT2D eigenvalue weighted by atomic mass is 79.9. The standard InChI is InChI=1S/C19H17BrClF3N4O4/c1-10-9-27(18(30)31)4-5-28(10)16-3-2-11(8-25-16)26-17(29)12-6-15(32-19(22,23)24)13(20)7-14(12)21/h2-3,6-8,10H,4-5,9H2,1H3,(H,26,29)(H,30,31)/t10-/m1/s1. The molecule has 1 aromatic heterocycles. The van der Waals surface area contributed by atoms with Crippen LogP contribution in [0.1, 0.15) is 17.3 Å². The number of hydrogen-bond acceptors (Lipinski definition) is 5. The third-order valence-corrected chi connectivity index (χ3v) is 5.62. The van der Waals surface area contributed by atoms with Crippen LogP contribution in [0, 0.1) is 0 Å². The van der Waals surface area contributed by atoms with Crippen molar-refractivity contribution < 1.29 is 32.6 Å². The Morgan fingerprint density at radius 3 is 2.59 bits per heavy atom. The Kier molecular flexibility index (Phi) is 7.03. The van der Waals surface area contributed by atoms with Gasteiger partial charge in [0.05, 0.1) is 26.9 Å². The van der Waals surface area contributed by atoms with E-state index in [0.29, 0.717) is 31.1 Å². The average Bonchev–Trinajstić information content (AvgIpc) is 2.69. The van der Waals surface area contributed by atoms with E-state index in [9.17, 15) is 22.8 Å². The van der Waals surface area contributed by atoms with Crippen molar-refractivity contribution in [3.05, 3.63) is 45.5 Å². The van der Waals surface area contributed by atoms with Crippen molar-refractivity contribution >= 4 is 51.0 Å². The van der Waals surface area contributed by atoms with Crippen molar-refractivity contribution in [3.63, 3.8) is 0 Å². The number of anilines is 2. The Bertz CT molecular complexity index is 1020. The number of carboxylic acid groups (broad SMARTS) is 1. The summed E-state index contributed by atoms with van der Waals surface area (Å²) in [5, 5.41) is 11.6. The predicted octanol–water partition coefficient (Wildman–Crippen LogP) is 4.84. The lowest BCUT2D eigenvalue weighted by Crippen LogP contribution is -2.53. The number of piperazine rings is 1. The lowest BCUT2D eigenvalue weighted by molar-refractivity contribution is -0.274. The smallest absolute Gasteiger partial charge is 0.465 e. The molecule has 0 spiro atoms. The molecule has 1 aliphatic heterocycles. The van der Waals surface area contributed by atoms with Crippen molar-refractivity contribution in [2.45, 2.75) is 19.3 Å². The third-order valence-electron chi connectivity index (χ3n) is 4.69. The Balaban J connectivity index is 1.71. The van der Waals surface area contributed by atoms with Gasteiger partial charge in [0, 0.05) is 25.7 Å². The molecule has 13 heteroatoms. The second-order valence-electron chi connectivity index (χ2n) is 6.94. The molecule has 2 heterocycles. The number of rotatable bonds is 4. The van der Waals surface area contributed by atoms with Crippen LogP contribution in [0.15, 0.2) is 34.9 Å². The summed E-state index contributed by atoms with van der Waals surface area (Å²) in [5.74, 6) is -0.745. The average molecular weight is 538 g/mol. The number of carbonyl (C=O) groups excluding carboxylic acids is 1. The van der Waals surface area contributed by atoms with Crippen LogP contribution < -0.4 is 15.0 Å². The van der Waals surface area contributed by atoms with E-state index < -0.39 is 24.1 Å². The molecule has 2 aromatic rings. The lowest BCUT2D eigenvalue weighted by atomic mass is 10.2. The Labute approximate surface area is 194 Å². The molecule has 172 valence electrons. The molecule has 3 rings (SSSR count). The summed E-state index contributed by atoms with van der Waals surface area (Å²) in [7, 11) is 0. The van der Waals surface area contributed by atoms with Crippen LogP contribution in [0.2, 0.25) is 5.02 Å². The van der Waals surface area contributed by atoms with E-state index in [1.54, 1.807) is 12.1 Å². The molecule has 0 saturated carbocycles. The quantitative estimate of drug-likeness (QED) is 0.580. The zero-order valence-corrected chi connectivity index (χ0v) is 18.8. The van der Waals surface area contributed by atoms with E-state index in [0.717, 1.165) is 12.1 Å². The number of nitrogens with one attached hydrogen (secondary N) is 1. The maximum absolute atomic E-state index is 12.6. The second-order valence-corrected chi connectivity index (χ2v) is 8.20. The van der Waals surface area contributed by atoms with Crippen LogP contribution in [-0.2, 0) is 0 Å². The van der Waals surface area contributed by atoms with Gasteiger partial charge in [-0.25, -0.2) is 9.78 Å². The molecule has 32 heavy (non-hydrogen) atoms. The fourth-order valence-corrected chi connectivity index (χ4v) is 4.01. The summed E-state index contributed by atoms with van der Waals surface area (Å²) in [6.07, 6.45) is -4.52. The molecule has 1 atom stereocenters. The van der Waals surface area contributed by atoms with Crippen molar-refractivity contribution in [1.29, 1.82) is 0 Å². The molecule has 1 fully saturated rings. The van der Waals surface area contributed by atoms with Gasteiger partial charge in [0.25, 0.3) is 5.91 Å². The molecule has 8 nitrogen and oxygen atoms in total. The molecule has 0 unspecified atom stereocenters. The van der Waals surface area contributed by atoms with Crippen molar-refractivity contribution in [3.8, 4) is 5.75 Å². The third kappa shape index (κ3) is 5.74. The second kappa shape index (κ2) is 9.41.